The summed E-state index contributed by atoms with van der Waals surface area (Å²) in [5.41, 5.74) is 3.08. The average Bonchev–Trinajstić information content (AvgIpc) is 2.39. The smallest absolute Gasteiger partial charge is 0.326 e. The lowest BCUT2D eigenvalue weighted by Gasteiger charge is -2.20. The quantitative estimate of drug-likeness (QED) is 0.839. The van der Waals surface area contributed by atoms with Gasteiger partial charge in [-0.2, -0.15) is 0 Å². The lowest BCUT2D eigenvalue weighted by Crippen LogP contribution is -2.45. The van der Waals surface area contributed by atoms with Gasteiger partial charge in [-0.05, 0) is 30.9 Å². The first kappa shape index (κ1) is 16.2. The van der Waals surface area contributed by atoms with Crippen molar-refractivity contribution in [2.24, 2.45) is 5.92 Å². The maximum absolute atomic E-state index is 12.0. The van der Waals surface area contributed by atoms with Crippen LogP contribution in [0.4, 0.5) is 0 Å². The number of aliphatic carboxylic acids is 1. The molecule has 2 N–H and O–H groups in total. The first-order chi connectivity index (χ1) is 9.35. The molecule has 0 aliphatic heterocycles. The van der Waals surface area contributed by atoms with E-state index in [4.69, 9.17) is 0 Å². The molecule has 4 nitrogen and oxygen atoms in total. The number of hydrogen-bond donors (Lipinski definition) is 2. The Bertz CT molecular complexity index is 496. The molecule has 0 radical (unpaired) electrons. The minimum atomic E-state index is -0.978. The molecule has 1 aromatic carbocycles. The van der Waals surface area contributed by atoms with Crippen molar-refractivity contribution in [3.05, 3.63) is 34.9 Å². The van der Waals surface area contributed by atoms with E-state index in [0.717, 1.165) is 16.7 Å². The lowest BCUT2D eigenvalue weighted by molar-refractivity contribution is -0.143. The SMILES string of the molecule is CCC(C)[C@H](NC(=O)Cc1cc(C)ccc1C)C(=O)O. The molecule has 0 spiro atoms. The Labute approximate surface area is 120 Å². The van der Waals surface area contributed by atoms with E-state index in [9.17, 15) is 14.7 Å². The topological polar surface area (TPSA) is 66.4 Å². The molecule has 110 valence electrons. The van der Waals surface area contributed by atoms with Crippen LogP contribution in [0, 0.1) is 19.8 Å². The monoisotopic (exact) mass is 277 g/mol. The molecule has 4 heteroatoms. The van der Waals surface area contributed by atoms with Crippen LogP contribution in [0.2, 0.25) is 0 Å². The highest BCUT2D eigenvalue weighted by Gasteiger charge is 2.25. The highest BCUT2D eigenvalue weighted by Crippen LogP contribution is 2.12. The molecule has 0 aliphatic carbocycles. The number of carboxylic acids is 1. The van der Waals surface area contributed by atoms with Crippen molar-refractivity contribution in [3.8, 4) is 0 Å². The Morgan fingerprint density at radius 3 is 2.50 bits per heavy atom. The number of hydrogen-bond acceptors (Lipinski definition) is 2. The van der Waals surface area contributed by atoms with Gasteiger partial charge in [0.2, 0.25) is 5.91 Å². The van der Waals surface area contributed by atoms with Gasteiger partial charge in [0, 0.05) is 0 Å². The van der Waals surface area contributed by atoms with E-state index in [2.05, 4.69) is 5.32 Å². The van der Waals surface area contributed by atoms with Crippen LogP contribution in [0.3, 0.4) is 0 Å². The summed E-state index contributed by atoms with van der Waals surface area (Å²) in [7, 11) is 0. The van der Waals surface area contributed by atoms with Crippen LogP contribution in [-0.2, 0) is 16.0 Å². The first-order valence-corrected chi connectivity index (χ1v) is 6.93. The summed E-state index contributed by atoms with van der Waals surface area (Å²) >= 11 is 0. The molecule has 1 rings (SSSR count). The number of aryl methyl sites for hydroxylation is 2. The maximum Gasteiger partial charge on any atom is 0.326 e. The Hall–Kier alpha value is -1.84. The molecule has 0 aromatic heterocycles. The van der Waals surface area contributed by atoms with E-state index in [1.54, 1.807) is 0 Å². The Kier molecular flexibility index (Phi) is 5.74. The fraction of sp³-hybridized carbons (Fsp3) is 0.500. The maximum atomic E-state index is 12.0. The van der Waals surface area contributed by atoms with Crippen molar-refractivity contribution in [1.82, 2.24) is 5.32 Å². The minimum Gasteiger partial charge on any atom is -0.480 e. The zero-order valence-electron chi connectivity index (χ0n) is 12.6. The van der Waals surface area contributed by atoms with Crippen LogP contribution in [0.25, 0.3) is 0 Å². The van der Waals surface area contributed by atoms with Crippen LogP contribution < -0.4 is 5.32 Å². The molecule has 1 amide bonds. The van der Waals surface area contributed by atoms with Crippen LogP contribution in [0.5, 0.6) is 0 Å². The third kappa shape index (κ3) is 4.37. The molecule has 0 aliphatic rings. The molecule has 1 unspecified atom stereocenters. The summed E-state index contributed by atoms with van der Waals surface area (Å²) in [6.45, 7) is 7.67. The van der Waals surface area contributed by atoms with E-state index in [1.807, 2.05) is 45.9 Å². The Balaban J connectivity index is 2.75. The molecule has 0 heterocycles. The van der Waals surface area contributed by atoms with Gasteiger partial charge in [-0.3, -0.25) is 4.79 Å². The summed E-state index contributed by atoms with van der Waals surface area (Å²) < 4.78 is 0. The van der Waals surface area contributed by atoms with Crippen molar-refractivity contribution in [3.63, 3.8) is 0 Å². The predicted molar refractivity (Wildman–Crippen MR) is 78.6 cm³/mol. The van der Waals surface area contributed by atoms with Gasteiger partial charge in [-0.1, -0.05) is 44.0 Å². The molecule has 0 saturated carbocycles. The fourth-order valence-corrected chi connectivity index (χ4v) is 2.07. The number of carbonyl (C=O) groups excluding carboxylic acids is 1. The van der Waals surface area contributed by atoms with Gasteiger partial charge in [-0.15, -0.1) is 0 Å². The number of carbonyl (C=O) groups is 2. The van der Waals surface area contributed by atoms with Gasteiger partial charge in [0.1, 0.15) is 6.04 Å². The van der Waals surface area contributed by atoms with Gasteiger partial charge < -0.3 is 10.4 Å². The van der Waals surface area contributed by atoms with Crippen molar-refractivity contribution in [2.75, 3.05) is 0 Å². The van der Waals surface area contributed by atoms with Gasteiger partial charge in [-0.25, -0.2) is 4.79 Å². The predicted octanol–water partition coefficient (Wildman–Crippen LogP) is 2.46. The van der Waals surface area contributed by atoms with Crippen LogP contribution in [0.15, 0.2) is 18.2 Å². The second kappa shape index (κ2) is 7.08. The third-order valence-electron chi connectivity index (χ3n) is 3.65. The van der Waals surface area contributed by atoms with Crippen molar-refractivity contribution in [2.45, 2.75) is 46.6 Å². The summed E-state index contributed by atoms with van der Waals surface area (Å²) in [4.78, 5) is 23.2. The van der Waals surface area contributed by atoms with Crippen LogP contribution in [0.1, 0.15) is 37.0 Å². The van der Waals surface area contributed by atoms with E-state index in [-0.39, 0.29) is 18.2 Å². The highest BCUT2D eigenvalue weighted by atomic mass is 16.4. The Morgan fingerprint density at radius 2 is 1.95 bits per heavy atom. The molecular formula is C16H23NO3. The van der Waals surface area contributed by atoms with Gasteiger partial charge >= 0.3 is 5.97 Å². The van der Waals surface area contributed by atoms with Crippen molar-refractivity contribution in [1.29, 1.82) is 0 Å². The van der Waals surface area contributed by atoms with E-state index in [1.165, 1.54) is 0 Å². The normalized spacial score (nSPS) is 13.6. The molecule has 0 fully saturated rings. The van der Waals surface area contributed by atoms with Crippen LogP contribution in [-0.4, -0.2) is 23.0 Å². The largest absolute Gasteiger partial charge is 0.480 e. The zero-order valence-corrected chi connectivity index (χ0v) is 12.6. The van der Waals surface area contributed by atoms with E-state index >= 15 is 0 Å². The fourth-order valence-electron chi connectivity index (χ4n) is 2.07. The number of rotatable bonds is 6. The second-order valence-corrected chi connectivity index (χ2v) is 5.38. The summed E-state index contributed by atoms with van der Waals surface area (Å²) in [6.07, 6.45) is 0.925. The number of carboxylic acid groups (broad SMARTS) is 1. The van der Waals surface area contributed by atoms with Crippen LogP contribution >= 0.6 is 0 Å². The van der Waals surface area contributed by atoms with Crippen molar-refractivity contribution >= 4 is 11.9 Å². The zero-order chi connectivity index (χ0) is 15.3. The minimum absolute atomic E-state index is 0.0879. The summed E-state index contributed by atoms with van der Waals surface area (Å²) in [5.74, 6) is -1.31. The lowest BCUT2D eigenvalue weighted by atomic mass is 9.98. The van der Waals surface area contributed by atoms with Crippen molar-refractivity contribution < 1.29 is 14.7 Å². The summed E-state index contributed by atoms with van der Waals surface area (Å²) in [6, 6.07) is 5.11. The standard InChI is InChI=1S/C16H23NO3/c1-5-11(3)15(16(19)20)17-14(18)9-13-8-10(2)6-7-12(13)4/h6-8,11,15H,5,9H2,1-4H3,(H,17,18)(H,19,20)/t11?,15-/m0/s1. The second-order valence-electron chi connectivity index (χ2n) is 5.38. The molecule has 0 saturated heterocycles. The highest BCUT2D eigenvalue weighted by molar-refractivity contribution is 5.85. The van der Waals surface area contributed by atoms with Gasteiger partial charge in [0.25, 0.3) is 0 Å². The molecule has 1 aromatic rings. The Morgan fingerprint density at radius 1 is 1.30 bits per heavy atom. The third-order valence-corrected chi connectivity index (χ3v) is 3.65. The molecule has 2 atom stereocenters. The van der Waals surface area contributed by atoms with Gasteiger partial charge in [0.15, 0.2) is 0 Å². The van der Waals surface area contributed by atoms with E-state index in [0.29, 0.717) is 6.42 Å². The number of amides is 1. The van der Waals surface area contributed by atoms with Gasteiger partial charge in [0.05, 0.1) is 6.42 Å². The molecule has 20 heavy (non-hydrogen) atoms. The molecule has 0 bridgehead atoms. The summed E-state index contributed by atoms with van der Waals surface area (Å²) in [5, 5.41) is 11.8. The first-order valence-electron chi connectivity index (χ1n) is 6.93. The average molecular weight is 277 g/mol. The van der Waals surface area contributed by atoms with E-state index < -0.39 is 12.0 Å². The number of nitrogens with one attached hydrogen (secondary N) is 1. The number of benzene rings is 1. The molecular weight excluding hydrogens is 254 g/mol.